The third-order valence-electron chi connectivity index (χ3n) is 6.37. The first-order valence-corrected chi connectivity index (χ1v) is 14.8. The van der Waals surface area contributed by atoms with Gasteiger partial charge in [-0.3, -0.25) is 4.79 Å². The highest BCUT2D eigenvalue weighted by Gasteiger charge is 2.26. The van der Waals surface area contributed by atoms with Crippen LogP contribution >= 0.6 is 11.3 Å². The Morgan fingerprint density at radius 3 is 2.54 bits per heavy atom. The summed E-state index contributed by atoms with van der Waals surface area (Å²) in [7, 11) is 1.55. The number of methoxy groups -OCH3 is 1. The van der Waals surface area contributed by atoms with Gasteiger partial charge in [0.05, 0.1) is 18.9 Å². The number of ether oxygens (including phenoxy) is 1. The SMILES string of the molecule is CC.CC.COCCO.Cc1ccc2c(N)c(C(=O)NC3CCc4nc(N5CCC(N)C5)ccc4C3)sc2n1. The first-order chi connectivity index (χ1) is 18.9. The Hall–Kier alpha value is -2.79. The van der Waals surface area contributed by atoms with Gasteiger partial charge < -0.3 is 31.5 Å². The number of nitrogens with two attached hydrogens (primary N) is 2. The molecular weight excluding hydrogens is 512 g/mol. The number of thiophene rings is 1. The molecule has 216 valence electrons. The Morgan fingerprint density at radius 1 is 1.18 bits per heavy atom. The van der Waals surface area contributed by atoms with E-state index in [-0.39, 0.29) is 24.6 Å². The minimum atomic E-state index is -0.114. The summed E-state index contributed by atoms with van der Waals surface area (Å²) in [4.78, 5) is 25.9. The summed E-state index contributed by atoms with van der Waals surface area (Å²) < 4.78 is 4.44. The van der Waals surface area contributed by atoms with Crippen LogP contribution in [0.2, 0.25) is 0 Å². The standard InChI is InChI=1S/C22H26N6OS.C3H8O2.2C2H6/c1-12-2-5-16-19(24)20(30-22(16)25-12)21(29)26-15-4-6-17-13(10-15)3-7-18(27-17)28-9-8-14(23)11-28;1-5-3-2-4;2*1-2/h2-3,5,7,14-15H,4,6,8-11,23-24H2,1H3,(H,26,29);4H,2-3H2,1H3;2*1-2H3. The number of rotatable bonds is 5. The van der Waals surface area contributed by atoms with Crippen LogP contribution in [0.5, 0.6) is 0 Å². The number of nitrogen functional groups attached to an aromatic ring is 1. The van der Waals surface area contributed by atoms with Crippen LogP contribution in [0.25, 0.3) is 10.2 Å². The van der Waals surface area contributed by atoms with Crippen LogP contribution in [0.1, 0.15) is 67.2 Å². The lowest BCUT2D eigenvalue weighted by Crippen LogP contribution is -2.39. The van der Waals surface area contributed by atoms with E-state index >= 15 is 0 Å². The van der Waals surface area contributed by atoms with E-state index in [1.165, 1.54) is 16.9 Å². The van der Waals surface area contributed by atoms with E-state index in [0.29, 0.717) is 17.2 Å². The zero-order chi connectivity index (χ0) is 28.9. The van der Waals surface area contributed by atoms with E-state index in [2.05, 4.69) is 32.1 Å². The second-order valence-corrected chi connectivity index (χ2v) is 10.0. The second-order valence-electron chi connectivity index (χ2n) is 9.05. The lowest BCUT2D eigenvalue weighted by molar-refractivity contribution is 0.0938. The minimum Gasteiger partial charge on any atom is -0.397 e. The number of hydrogen-bond acceptors (Lipinski definition) is 9. The Morgan fingerprint density at radius 2 is 1.92 bits per heavy atom. The van der Waals surface area contributed by atoms with Gasteiger partial charge in [0.25, 0.3) is 5.91 Å². The number of aliphatic hydroxyl groups is 1. The van der Waals surface area contributed by atoms with Crippen LogP contribution < -0.4 is 21.7 Å². The number of nitrogens with one attached hydrogen (secondary N) is 1. The summed E-state index contributed by atoms with van der Waals surface area (Å²) in [5, 5.41) is 12.0. The third kappa shape index (κ3) is 8.60. The number of carbonyl (C=O) groups excluding carboxylic acids is 1. The quantitative estimate of drug-likeness (QED) is 0.367. The molecule has 9 nitrogen and oxygen atoms in total. The molecule has 1 fully saturated rings. The first kappa shape index (κ1) is 32.4. The number of carbonyl (C=O) groups is 1. The van der Waals surface area contributed by atoms with Crippen molar-refractivity contribution < 1.29 is 14.6 Å². The third-order valence-corrected chi connectivity index (χ3v) is 7.48. The fraction of sp³-hybridized carbons (Fsp3) is 0.552. The molecule has 0 radical (unpaired) electrons. The molecule has 0 bridgehead atoms. The van der Waals surface area contributed by atoms with Crippen LogP contribution in [0.3, 0.4) is 0 Å². The maximum atomic E-state index is 12.9. The predicted octanol–water partition coefficient (Wildman–Crippen LogP) is 4.08. The van der Waals surface area contributed by atoms with Gasteiger partial charge in [-0.2, -0.15) is 0 Å². The smallest absolute Gasteiger partial charge is 0.263 e. The Labute approximate surface area is 237 Å². The summed E-state index contributed by atoms with van der Waals surface area (Å²) in [6.45, 7) is 12.3. The number of nitrogens with zero attached hydrogens (tertiary/aromatic N) is 3. The summed E-state index contributed by atoms with van der Waals surface area (Å²) >= 11 is 1.36. The van der Waals surface area contributed by atoms with Crippen molar-refractivity contribution in [2.75, 3.05) is 44.0 Å². The van der Waals surface area contributed by atoms with E-state index in [9.17, 15) is 4.79 Å². The van der Waals surface area contributed by atoms with Crippen molar-refractivity contribution in [1.29, 1.82) is 0 Å². The van der Waals surface area contributed by atoms with Gasteiger partial charge in [-0.15, -0.1) is 11.3 Å². The molecule has 3 aromatic heterocycles. The molecule has 2 aliphatic rings. The van der Waals surface area contributed by atoms with Crippen LogP contribution in [-0.4, -0.2) is 66.5 Å². The van der Waals surface area contributed by atoms with Crippen LogP contribution in [0.4, 0.5) is 11.5 Å². The molecule has 1 aliphatic heterocycles. The molecular formula is C29H46N6O3S. The van der Waals surface area contributed by atoms with Crippen LogP contribution in [0, 0.1) is 6.92 Å². The van der Waals surface area contributed by atoms with Crippen molar-refractivity contribution in [3.05, 3.63) is 46.1 Å². The lowest BCUT2D eigenvalue weighted by Gasteiger charge is -2.26. The molecule has 3 aromatic rings. The van der Waals surface area contributed by atoms with Crippen molar-refractivity contribution in [2.24, 2.45) is 5.73 Å². The van der Waals surface area contributed by atoms with Gasteiger partial charge in [0.2, 0.25) is 0 Å². The number of fused-ring (bicyclic) bond motifs is 2. The predicted molar refractivity (Wildman–Crippen MR) is 163 cm³/mol. The van der Waals surface area contributed by atoms with E-state index in [4.69, 9.17) is 21.6 Å². The average molecular weight is 559 g/mol. The van der Waals surface area contributed by atoms with E-state index < -0.39 is 0 Å². The fourth-order valence-electron chi connectivity index (χ4n) is 4.49. The average Bonchev–Trinajstić information content (AvgIpc) is 3.54. The normalized spacial score (nSPS) is 17.6. The fourth-order valence-corrected chi connectivity index (χ4v) is 5.54. The van der Waals surface area contributed by atoms with Gasteiger partial charge in [-0.05, 0) is 56.4 Å². The minimum absolute atomic E-state index is 0.0807. The zero-order valence-electron chi connectivity index (χ0n) is 24.3. The summed E-state index contributed by atoms with van der Waals surface area (Å²) in [6, 6.07) is 8.41. The Balaban J connectivity index is 0.000000527. The largest absolute Gasteiger partial charge is 0.397 e. The maximum Gasteiger partial charge on any atom is 0.263 e. The van der Waals surface area contributed by atoms with Crippen molar-refractivity contribution in [1.82, 2.24) is 15.3 Å². The molecule has 6 N–H and O–H groups in total. The topological polar surface area (TPSA) is 140 Å². The maximum absolute atomic E-state index is 12.9. The molecule has 0 aromatic carbocycles. The highest BCUT2D eigenvalue weighted by Crippen LogP contribution is 2.33. The molecule has 1 saturated heterocycles. The van der Waals surface area contributed by atoms with E-state index in [0.717, 1.165) is 66.2 Å². The number of aromatic nitrogens is 2. The zero-order valence-corrected chi connectivity index (χ0v) is 25.1. The van der Waals surface area contributed by atoms with Gasteiger partial charge >= 0.3 is 0 Å². The Kier molecular flexibility index (Phi) is 13.6. The molecule has 2 unspecified atom stereocenters. The second kappa shape index (κ2) is 16.3. The van der Waals surface area contributed by atoms with Crippen LogP contribution in [0.15, 0.2) is 24.3 Å². The lowest BCUT2D eigenvalue weighted by atomic mass is 9.91. The van der Waals surface area contributed by atoms with Gasteiger partial charge in [0.15, 0.2) is 0 Å². The van der Waals surface area contributed by atoms with Crippen molar-refractivity contribution in [2.45, 2.75) is 72.4 Å². The number of aryl methyl sites for hydroxylation is 2. The summed E-state index contributed by atoms with van der Waals surface area (Å²) in [5.41, 5.74) is 16.1. The highest BCUT2D eigenvalue weighted by atomic mass is 32.1. The van der Waals surface area contributed by atoms with Crippen molar-refractivity contribution in [3.8, 4) is 0 Å². The molecule has 0 saturated carbocycles. The van der Waals surface area contributed by atoms with Crippen molar-refractivity contribution >= 4 is 39.0 Å². The number of amides is 1. The first-order valence-electron chi connectivity index (χ1n) is 13.9. The molecule has 10 heteroatoms. The van der Waals surface area contributed by atoms with Gasteiger partial charge in [-0.1, -0.05) is 33.8 Å². The number of hydrogen-bond donors (Lipinski definition) is 4. The number of aliphatic hydroxyl groups excluding tert-OH is 1. The molecule has 0 spiro atoms. The molecule has 4 heterocycles. The Bertz CT molecular complexity index is 1180. The number of pyridine rings is 2. The van der Waals surface area contributed by atoms with Crippen LogP contribution in [-0.2, 0) is 17.6 Å². The van der Waals surface area contributed by atoms with Gasteiger partial charge in [0.1, 0.15) is 15.5 Å². The molecule has 5 rings (SSSR count). The molecule has 39 heavy (non-hydrogen) atoms. The monoisotopic (exact) mass is 558 g/mol. The van der Waals surface area contributed by atoms with Gasteiger partial charge in [-0.25, -0.2) is 9.97 Å². The molecule has 1 aliphatic carbocycles. The molecule has 1 amide bonds. The highest BCUT2D eigenvalue weighted by molar-refractivity contribution is 7.21. The van der Waals surface area contributed by atoms with E-state index in [1.807, 2.05) is 46.8 Å². The number of anilines is 2. The molecule has 2 atom stereocenters. The van der Waals surface area contributed by atoms with Crippen molar-refractivity contribution in [3.63, 3.8) is 0 Å². The summed E-state index contributed by atoms with van der Waals surface area (Å²) in [6.07, 6.45) is 3.53. The summed E-state index contributed by atoms with van der Waals surface area (Å²) in [5.74, 6) is 0.905. The van der Waals surface area contributed by atoms with E-state index in [1.54, 1.807) is 7.11 Å². The van der Waals surface area contributed by atoms with Gasteiger partial charge in [0, 0.05) is 49.1 Å².